The van der Waals surface area contributed by atoms with Crippen LogP contribution in [-0.4, -0.2) is 17.7 Å². The lowest BCUT2D eigenvalue weighted by Gasteiger charge is -2.11. The van der Waals surface area contributed by atoms with Gasteiger partial charge in [-0.15, -0.1) is 11.8 Å². The number of nitrogen functional groups attached to an aromatic ring is 1. The normalized spacial score (nSPS) is 12.2. The minimum absolute atomic E-state index is 0.0512. The number of hydrogen-bond donors (Lipinski definition) is 2. The van der Waals surface area contributed by atoms with Gasteiger partial charge in [-0.05, 0) is 32.0 Å². The molecule has 88 valence electrons. The number of nitrogens with two attached hydrogens (primary N) is 1. The van der Waals surface area contributed by atoms with Crippen LogP contribution in [0.25, 0.3) is 0 Å². The van der Waals surface area contributed by atoms with Crippen LogP contribution in [0.2, 0.25) is 0 Å². The van der Waals surface area contributed by atoms with E-state index >= 15 is 0 Å². The van der Waals surface area contributed by atoms with Crippen molar-refractivity contribution >= 4 is 23.4 Å². The van der Waals surface area contributed by atoms with E-state index in [0.717, 1.165) is 0 Å². The van der Waals surface area contributed by atoms with Crippen molar-refractivity contribution in [3.05, 3.63) is 24.0 Å². The van der Waals surface area contributed by atoms with E-state index in [1.165, 1.54) is 23.9 Å². The van der Waals surface area contributed by atoms with Crippen LogP contribution in [0.3, 0.4) is 0 Å². The molecule has 0 saturated heterocycles. The number of thioether (sulfide) groups is 1. The topological polar surface area (TPSA) is 55.1 Å². The predicted octanol–water partition coefficient (Wildman–Crippen LogP) is 2.02. The number of rotatable bonds is 4. The van der Waals surface area contributed by atoms with Gasteiger partial charge in [-0.1, -0.05) is 0 Å². The quantitative estimate of drug-likeness (QED) is 0.627. The summed E-state index contributed by atoms with van der Waals surface area (Å²) in [7, 11) is 0. The van der Waals surface area contributed by atoms with Gasteiger partial charge in [0.15, 0.2) is 0 Å². The first kappa shape index (κ1) is 12.8. The van der Waals surface area contributed by atoms with E-state index in [4.69, 9.17) is 5.73 Å². The molecule has 0 spiro atoms. The first-order valence-corrected chi connectivity index (χ1v) is 5.92. The Morgan fingerprint density at radius 1 is 1.62 bits per heavy atom. The van der Waals surface area contributed by atoms with E-state index in [1.807, 2.05) is 6.92 Å². The number of anilines is 1. The maximum Gasteiger partial charge on any atom is 0.233 e. The molecule has 0 aromatic heterocycles. The second kappa shape index (κ2) is 5.75. The average Bonchev–Trinajstić information content (AvgIpc) is 2.24. The first-order chi connectivity index (χ1) is 7.54. The van der Waals surface area contributed by atoms with Gasteiger partial charge in [-0.3, -0.25) is 4.79 Å². The predicted molar refractivity (Wildman–Crippen MR) is 64.8 cm³/mol. The third-order valence-corrected chi connectivity index (χ3v) is 3.10. The molecule has 1 aromatic carbocycles. The van der Waals surface area contributed by atoms with E-state index in [2.05, 4.69) is 5.32 Å². The van der Waals surface area contributed by atoms with Crippen molar-refractivity contribution in [2.75, 3.05) is 12.3 Å². The average molecular weight is 242 g/mol. The molecule has 5 heteroatoms. The summed E-state index contributed by atoms with van der Waals surface area (Å²) in [5.41, 5.74) is 5.48. The first-order valence-electron chi connectivity index (χ1n) is 5.04. The molecule has 0 fully saturated rings. The number of nitrogens with one attached hydrogen (secondary N) is 1. The molecule has 0 radical (unpaired) electrons. The molecular formula is C11H15FN2OS. The van der Waals surface area contributed by atoms with Crippen LogP contribution in [0.5, 0.6) is 0 Å². The fourth-order valence-electron chi connectivity index (χ4n) is 1.16. The van der Waals surface area contributed by atoms with Crippen LogP contribution in [-0.2, 0) is 4.79 Å². The summed E-state index contributed by atoms with van der Waals surface area (Å²) in [6.07, 6.45) is 0. The zero-order valence-electron chi connectivity index (χ0n) is 9.29. The summed E-state index contributed by atoms with van der Waals surface area (Å²) in [6.45, 7) is 4.24. The van der Waals surface area contributed by atoms with Gasteiger partial charge in [0.25, 0.3) is 0 Å². The van der Waals surface area contributed by atoms with Gasteiger partial charge in [0.2, 0.25) is 5.91 Å². The highest BCUT2D eigenvalue weighted by Gasteiger charge is 2.13. The molecule has 0 aliphatic rings. The Morgan fingerprint density at radius 3 is 2.88 bits per heavy atom. The van der Waals surface area contributed by atoms with E-state index in [-0.39, 0.29) is 16.8 Å². The van der Waals surface area contributed by atoms with Crippen molar-refractivity contribution in [3.63, 3.8) is 0 Å². The summed E-state index contributed by atoms with van der Waals surface area (Å²) >= 11 is 1.31. The van der Waals surface area contributed by atoms with Crippen molar-refractivity contribution in [2.24, 2.45) is 0 Å². The molecule has 1 amide bonds. The fraction of sp³-hybridized carbons (Fsp3) is 0.364. The van der Waals surface area contributed by atoms with Crippen LogP contribution in [0.4, 0.5) is 10.1 Å². The van der Waals surface area contributed by atoms with Gasteiger partial charge < -0.3 is 11.1 Å². The van der Waals surface area contributed by atoms with E-state index in [9.17, 15) is 9.18 Å². The van der Waals surface area contributed by atoms with Crippen LogP contribution >= 0.6 is 11.8 Å². The van der Waals surface area contributed by atoms with E-state index < -0.39 is 5.82 Å². The minimum atomic E-state index is -0.451. The van der Waals surface area contributed by atoms with Crippen molar-refractivity contribution in [2.45, 2.75) is 24.0 Å². The largest absolute Gasteiger partial charge is 0.396 e. The number of benzene rings is 1. The zero-order valence-corrected chi connectivity index (χ0v) is 10.1. The lowest BCUT2D eigenvalue weighted by atomic mass is 10.3. The molecule has 1 aromatic rings. The summed E-state index contributed by atoms with van der Waals surface area (Å²) in [6, 6.07) is 4.55. The molecule has 3 N–H and O–H groups in total. The zero-order chi connectivity index (χ0) is 12.1. The van der Waals surface area contributed by atoms with E-state index in [1.54, 1.807) is 13.0 Å². The molecule has 0 aliphatic carbocycles. The number of carbonyl (C=O) groups excluding carboxylic acids is 1. The van der Waals surface area contributed by atoms with Crippen LogP contribution in [0, 0.1) is 5.82 Å². The Hall–Kier alpha value is -1.23. The highest BCUT2D eigenvalue weighted by atomic mass is 32.2. The molecule has 0 aliphatic heterocycles. The summed E-state index contributed by atoms with van der Waals surface area (Å²) in [5, 5.41) is 2.47. The molecule has 1 atom stereocenters. The van der Waals surface area contributed by atoms with Gasteiger partial charge in [0.05, 0.1) is 10.9 Å². The van der Waals surface area contributed by atoms with E-state index in [0.29, 0.717) is 11.4 Å². The third kappa shape index (κ3) is 3.41. The second-order valence-electron chi connectivity index (χ2n) is 3.34. The van der Waals surface area contributed by atoms with Crippen molar-refractivity contribution in [3.8, 4) is 0 Å². The second-order valence-corrected chi connectivity index (χ2v) is 4.75. The molecule has 16 heavy (non-hydrogen) atoms. The number of amides is 1. The van der Waals surface area contributed by atoms with Crippen LogP contribution in [0.1, 0.15) is 13.8 Å². The van der Waals surface area contributed by atoms with Gasteiger partial charge >= 0.3 is 0 Å². The number of hydrogen-bond acceptors (Lipinski definition) is 3. The van der Waals surface area contributed by atoms with Gasteiger partial charge in [0.1, 0.15) is 5.82 Å². The third-order valence-electron chi connectivity index (χ3n) is 2.01. The molecule has 1 rings (SSSR count). The smallest absolute Gasteiger partial charge is 0.233 e. The summed E-state index contributed by atoms with van der Waals surface area (Å²) < 4.78 is 13.1. The van der Waals surface area contributed by atoms with Crippen molar-refractivity contribution < 1.29 is 9.18 Å². The molecule has 3 nitrogen and oxygen atoms in total. The Balaban J connectivity index is 2.66. The summed E-state index contributed by atoms with van der Waals surface area (Å²) in [5.74, 6) is -0.502. The maximum atomic E-state index is 13.1. The lowest BCUT2D eigenvalue weighted by Crippen LogP contribution is -2.30. The number of carbonyl (C=O) groups is 1. The number of halogens is 1. The van der Waals surface area contributed by atoms with Gasteiger partial charge in [0, 0.05) is 11.4 Å². The molecular weight excluding hydrogens is 227 g/mol. The monoisotopic (exact) mass is 242 g/mol. The Bertz CT molecular complexity index is 384. The lowest BCUT2D eigenvalue weighted by molar-refractivity contribution is -0.120. The Labute approximate surface area is 98.6 Å². The van der Waals surface area contributed by atoms with Gasteiger partial charge in [-0.2, -0.15) is 0 Å². The minimum Gasteiger partial charge on any atom is -0.396 e. The van der Waals surface area contributed by atoms with Crippen LogP contribution < -0.4 is 11.1 Å². The molecule has 0 heterocycles. The highest BCUT2D eigenvalue weighted by Crippen LogP contribution is 2.25. The summed E-state index contributed by atoms with van der Waals surface area (Å²) in [4.78, 5) is 12.1. The SMILES string of the molecule is CCNC(=O)C(C)Sc1ccc(N)c(F)c1. The van der Waals surface area contributed by atoms with Crippen molar-refractivity contribution in [1.82, 2.24) is 5.32 Å². The van der Waals surface area contributed by atoms with Gasteiger partial charge in [-0.25, -0.2) is 4.39 Å². The Kier molecular flexibility index (Phi) is 4.61. The molecule has 0 saturated carbocycles. The maximum absolute atomic E-state index is 13.1. The molecule has 0 bridgehead atoms. The fourth-order valence-corrected chi connectivity index (χ4v) is 2.07. The highest BCUT2D eigenvalue weighted by molar-refractivity contribution is 8.00. The standard InChI is InChI=1S/C11H15FN2OS/c1-3-14-11(15)7(2)16-8-4-5-10(13)9(12)6-8/h4-7H,3,13H2,1-2H3,(H,14,15). The molecule has 1 unspecified atom stereocenters. The van der Waals surface area contributed by atoms with Crippen LogP contribution in [0.15, 0.2) is 23.1 Å². The Morgan fingerprint density at radius 2 is 2.31 bits per heavy atom. The van der Waals surface area contributed by atoms with Crippen molar-refractivity contribution in [1.29, 1.82) is 0 Å².